The Morgan fingerprint density at radius 2 is 1.55 bits per heavy atom. The van der Waals surface area contributed by atoms with Crippen LogP contribution in [-0.4, -0.2) is 51.2 Å². The van der Waals surface area contributed by atoms with E-state index in [9.17, 15) is 9.59 Å². The van der Waals surface area contributed by atoms with Gasteiger partial charge in [0.25, 0.3) is 5.56 Å². The van der Waals surface area contributed by atoms with Crippen molar-refractivity contribution in [1.29, 1.82) is 0 Å². The van der Waals surface area contributed by atoms with Gasteiger partial charge in [0.15, 0.2) is 11.2 Å². The molecule has 0 saturated heterocycles. The summed E-state index contributed by atoms with van der Waals surface area (Å²) in [6, 6.07) is 17.5. The normalized spacial score (nSPS) is 12.4. The van der Waals surface area contributed by atoms with Crippen LogP contribution in [0.1, 0.15) is 11.1 Å². The third-order valence-corrected chi connectivity index (χ3v) is 5.96. The van der Waals surface area contributed by atoms with Crippen LogP contribution in [0.4, 0.5) is 11.4 Å². The van der Waals surface area contributed by atoms with Crippen LogP contribution in [0.2, 0.25) is 5.28 Å². The zero-order valence-electron chi connectivity index (χ0n) is 19.2. The van der Waals surface area contributed by atoms with E-state index in [0.29, 0.717) is 0 Å². The Labute approximate surface area is 196 Å². The van der Waals surface area contributed by atoms with Crippen molar-refractivity contribution in [2.24, 2.45) is 14.1 Å². The van der Waals surface area contributed by atoms with E-state index in [2.05, 4.69) is 82.4 Å². The minimum atomic E-state index is -0.428. The van der Waals surface area contributed by atoms with Crippen molar-refractivity contribution in [2.45, 2.75) is 6.42 Å². The molecule has 0 bridgehead atoms. The molecule has 172 valence electrons. The third-order valence-electron chi connectivity index (χ3n) is 5.78. The van der Waals surface area contributed by atoms with Crippen molar-refractivity contribution in [2.75, 3.05) is 32.1 Å². The number of para-hydroxylation sites is 2. The standard InChI is InChI=1S/C17H20N2.C7H7ClN4O2/c1-18(2)11-12-19-16-9-5-3-7-14(16)13-15-8-4-6-10-17(15)19;1-11-4-3(9-6(8)10-4)5(13)12(2)7(11)14/h3-10H,11-13H2,1-2H3;1-2H3,(H,9,10). The van der Waals surface area contributed by atoms with Crippen LogP contribution >= 0.6 is 11.6 Å². The van der Waals surface area contributed by atoms with E-state index in [-0.39, 0.29) is 16.4 Å². The molecule has 5 rings (SSSR count). The number of H-pyrrole nitrogens is 1. The molecule has 0 fully saturated rings. The molecule has 2 aromatic heterocycles. The number of aromatic nitrogens is 4. The molecule has 0 radical (unpaired) electrons. The summed E-state index contributed by atoms with van der Waals surface area (Å²) in [5.74, 6) is 0. The maximum absolute atomic E-state index is 11.5. The van der Waals surface area contributed by atoms with E-state index in [1.54, 1.807) is 0 Å². The van der Waals surface area contributed by atoms with Gasteiger partial charge in [-0.3, -0.25) is 13.9 Å². The molecule has 1 aliphatic heterocycles. The fourth-order valence-corrected chi connectivity index (χ4v) is 4.20. The quantitative estimate of drug-likeness (QED) is 0.470. The van der Waals surface area contributed by atoms with Gasteiger partial charge in [0.2, 0.25) is 5.28 Å². The molecule has 0 aliphatic carbocycles. The van der Waals surface area contributed by atoms with Crippen LogP contribution in [0.25, 0.3) is 11.2 Å². The van der Waals surface area contributed by atoms with Gasteiger partial charge in [-0.25, -0.2) is 4.79 Å². The molecule has 8 nitrogen and oxygen atoms in total. The molecule has 0 spiro atoms. The highest BCUT2D eigenvalue weighted by Crippen LogP contribution is 2.37. The number of rotatable bonds is 3. The van der Waals surface area contributed by atoms with Crippen molar-refractivity contribution in [3.63, 3.8) is 0 Å². The molecule has 2 aromatic carbocycles. The van der Waals surface area contributed by atoms with Crippen LogP contribution in [0.3, 0.4) is 0 Å². The molecule has 0 unspecified atom stereocenters. The molecular formula is C24H27ClN6O2. The summed E-state index contributed by atoms with van der Waals surface area (Å²) in [6.07, 6.45) is 1.05. The van der Waals surface area contributed by atoms with Gasteiger partial charge in [0.1, 0.15) is 0 Å². The SMILES string of the molecule is CN(C)CCN1c2ccccc2Cc2ccccc21.Cn1c(=O)c2[nH]c(Cl)nc2n(C)c1=O. The van der Waals surface area contributed by atoms with Gasteiger partial charge < -0.3 is 14.8 Å². The topological polar surface area (TPSA) is 79.2 Å². The first kappa shape index (κ1) is 22.8. The number of aromatic amines is 1. The van der Waals surface area contributed by atoms with E-state index in [1.807, 2.05) is 0 Å². The summed E-state index contributed by atoms with van der Waals surface area (Å²) in [5.41, 5.74) is 5.24. The summed E-state index contributed by atoms with van der Waals surface area (Å²) in [7, 11) is 7.18. The van der Waals surface area contributed by atoms with Crippen molar-refractivity contribution in [3.8, 4) is 0 Å². The van der Waals surface area contributed by atoms with Gasteiger partial charge in [0, 0.05) is 45.0 Å². The molecule has 3 heterocycles. The number of benzene rings is 2. The fourth-order valence-electron chi connectivity index (χ4n) is 4.02. The molecular weight excluding hydrogens is 440 g/mol. The molecule has 0 amide bonds. The first-order valence-electron chi connectivity index (χ1n) is 10.7. The lowest BCUT2D eigenvalue weighted by molar-refractivity contribution is 0.418. The van der Waals surface area contributed by atoms with Crippen molar-refractivity contribution >= 4 is 34.1 Å². The number of likely N-dealkylation sites (N-methyl/N-ethyl adjacent to an activating group) is 1. The molecule has 4 aromatic rings. The summed E-state index contributed by atoms with van der Waals surface area (Å²) < 4.78 is 2.26. The maximum Gasteiger partial charge on any atom is 0.332 e. The predicted octanol–water partition coefficient (Wildman–Crippen LogP) is 2.90. The molecule has 9 heteroatoms. The van der Waals surface area contributed by atoms with Gasteiger partial charge in [0.05, 0.1) is 0 Å². The van der Waals surface area contributed by atoms with Crippen molar-refractivity contribution < 1.29 is 0 Å². The van der Waals surface area contributed by atoms with Crippen molar-refractivity contribution in [1.82, 2.24) is 24.0 Å². The van der Waals surface area contributed by atoms with Crippen LogP contribution in [-0.2, 0) is 20.5 Å². The van der Waals surface area contributed by atoms with Gasteiger partial charge >= 0.3 is 5.69 Å². The number of nitrogens with one attached hydrogen (secondary N) is 1. The van der Waals surface area contributed by atoms with Gasteiger partial charge in [-0.1, -0.05) is 36.4 Å². The molecule has 1 N–H and O–H groups in total. The Bertz CT molecular complexity index is 1370. The van der Waals surface area contributed by atoms with Crippen molar-refractivity contribution in [3.05, 3.63) is 85.8 Å². The molecule has 33 heavy (non-hydrogen) atoms. The van der Waals surface area contributed by atoms with Gasteiger partial charge in [-0.05, 0) is 49.0 Å². The second kappa shape index (κ2) is 9.25. The van der Waals surface area contributed by atoms with E-state index in [4.69, 9.17) is 11.6 Å². The summed E-state index contributed by atoms with van der Waals surface area (Å²) in [6.45, 7) is 2.09. The minimum absolute atomic E-state index is 0.0956. The zero-order valence-corrected chi connectivity index (χ0v) is 19.9. The van der Waals surface area contributed by atoms with E-state index >= 15 is 0 Å². The number of aryl methyl sites for hydroxylation is 1. The third kappa shape index (κ3) is 4.44. The minimum Gasteiger partial charge on any atom is -0.340 e. The van der Waals surface area contributed by atoms with Gasteiger partial charge in [-0.2, -0.15) is 4.98 Å². The summed E-state index contributed by atoms with van der Waals surface area (Å²) in [4.78, 5) is 34.1. The highest BCUT2D eigenvalue weighted by Gasteiger charge is 2.21. The molecule has 0 saturated carbocycles. The lowest BCUT2D eigenvalue weighted by atomic mass is 9.95. The Hall–Kier alpha value is -3.36. The number of fused-ring (bicyclic) bond motifs is 3. The van der Waals surface area contributed by atoms with E-state index < -0.39 is 11.2 Å². The average Bonchev–Trinajstić information content (AvgIpc) is 3.21. The van der Waals surface area contributed by atoms with E-state index in [1.165, 1.54) is 41.2 Å². The maximum atomic E-state index is 11.5. The highest BCUT2D eigenvalue weighted by atomic mass is 35.5. The second-order valence-corrected chi connectivity index (χ2v) is 8.68. The van der Waals surface area contributed by atoms with Crippen LogP contribution in [0, 0.1) is 0 Å². The number of anilines is 2. The lowest BCUT2D eigenvalue weighted by Gasteiger charge is -2.34. The fraction of sp³-hybridized carbons (Fsp3) is 0.292. The number of imidazole rings is 1. The molecule has 1 aliphatic rings. The first-order valence-corrected chi connectivity index (χ1v) is 11.0. The average molecular weight is 467 g/mol. The number of nitrogens with zero attached hydrogens (tertiary/aromatic N) is 5. The summed E-state index contributed by atoms with van der Waals surface area (Å²) in [5, 5.41) is 0.0956. The Morgan fingerprint density at radius 1 is 0.970 bits per heavy atom. The predicted molar refractivity (Wildman–Crippen MR) is 133 cm³/mol. The zero-order chi connectivity index (χ0) is 23.7. The Morgan fingerprint density at radius 3 is 2.12 bits per heavy atom. The van der Waals surface area contributed by atoms with Crippen LogP contribution < -0.4 is 16.1 Å². The Balaban J connectivity index is 0.000000165. The number of halogens is 1. The highest BCUT2D eigenvalue weighted by molar-refractivity contribution is 6.28. The number of hydrogen-bond acceptors (Lipinski definition) is 5. The van der Waals surface area contributed by atoms with Crippen LogP contribution in [0.15, 0.2) is 58.1 Å². The largest absolute Gasteiger partial charge is 0.340 e. The van der Waals surface area contributed by atoms with E-state index in [0.717, 1.165) is 24.1 Å². The second-order valence-electron chi connectivity index (χ2n) is 8.32. The monoisotopic (exact) mass is 466 g/mol. The van der Waals surface area contributed by atoms with Crippen LogP contribution in [0.5, 0.6) is 0 Å². The Kier molecular flexibility index (Phi) is 6.40. The summed E-state index contributed by atoms with van der Waals surface area (Å²) >= 11 is 5.60. The lowest BCUT2D eigenvalue weighted by Crippen LogP contribution is -2.36. The first-order chi connectivity index (χ1) is 15.8. The molecule has 0 atom stereocenters. The van der Waals surface area contributed by atoms with Gasteiger partial charge in [-0.15, -0.1) is 0 Å². The number of hydrogen-bond donors (Lipinski definition) is 1. The smallest absolute Gasteiger partial charge is 0.332 e.